The number of piperazine rings is 1. The number of benzene rings is 1. The van der Waals surface area contributed by atoms with E-state index >= 15 is 0 Å². The van der Waals surface area contributed by atoms with E-state index in [-0.39, 0.29) is 24.1 Å². The van der Waals surface area contributed by atoms with Crippen LogP contribution in [0, 0.1) is 24.7 Å². The molecule has 1 saturated carbocycles. The van der Waals surface area contributed by atoms with Crippen molar-refractivity contribution in [3.8, 4) is 11.8 Å². The van der Waals surface area contributed by atoms with E-state index < -0.39 is 5.60 Å². The second-order valence-electron chi connectivity index (χ2n) is 11.8. The van der Waals surface area contributed by atoms with Gasteiger partial charge in [0.2, 0.25) is 0 Å². The van der Waals surface area contributed by atoms with Crippen LogP contribution >= 0.6 is 0 Å². The van der Waals surface area contributed by atoms with E-state index in [0.29, 0.717) is 11.5 Å². The number of alkyl carbamates (subject to hydrolysis) is 1. The largest absolute Gasteiger partial charge is 0.465 e. The van der Waals surface area contributed by atoms with Crippen molar-refractivity contribution in [2.24, 2.45) is 5.92 Å². The van der Waals surface area contributed by atoms with Gasteiger partial charge in [-0.05, 0) is 91.0 Å². The van der Waals surface area contributed by atoms with Crippen molar-refractivity contribution in [3.63, 3.8) is 0 Å². The molecular formula is C30H46N4O4. The second kappa shape index (κ2) is 13.3. The van der Waals surface area contributed by atoms with Gasteiger partial charge in [-0.3, -0.25) is 4.90 Å². The van der Waals surface area contributed by atoms with E-state index in [1.807, 2.05) is 39.8 Å². The predicted molar refractivity (Wildman–Crippen MR) is 152 cm³/mol. The van der Waals surface area contributed by atoms with Crippen LogP contribution in [-0.4, -0.2) is 86.4 Å². The van der Waals surface area contributed by atoms with E-state index in [4.69, 9.17) is 9.47 Å². The van der Waals surface area contributed by atoms with Crippen LogP contribution in [0.5, 0.6) is 0 Å². The fraction of sp³-hybridized carbons (Fsp3) is 0.667. The fourth-order valence-corrected chi connectivity index (χ4v) is 5.12. The molecule has 3 rings (SSSR count). The summed E-state index contributed by atoms with van der Waals surface area (Å²) in [5.41, 5.74) is 2.64. The predicted octanol–water partition coefficient (Wildman–Crippen LogP) is 4.26. The molecule has 1 amide bonds. The number of carbonyl (C=O) groups is 2. The monoisotopic (exact) mass is 526 g/mol. The number of nitrogens with one attached hydrogen (secondary N) is 2. The van der Waals surface area contributed by atoms with Gasteiger partial charge in [-0.2, -0.15) is 0 Å². The number of carbonyl (C=O) groups excluding carboxylic acids is 2. The molecule has 1 unspecified atom stereocenters. The van der Waals surface area contributed by atoms with Gasteiger partial charge in [0.05, 0.1) is 19.2 Å². The van der Waals surface area contributed by atoms with E-state index in [0.717, 1.165) is 75.2 Å². The highest BCUT2D eigenvalue weighted by atomic mass is 16.6. The second-order valence-corrected chi connectivity index (χ2v) is 11.8. The molecule has 38 heavy (non-hydrogen) atoms. The summed E-state index contributed by atoms with van der Waals surface area (Å²) in [5.74, 6) is 6.68. The number of esters is 1. The first-order chi connectivity index (χ1) is 17.9. The molecule has 0 aromatic heterocycles. The van der Waals surface area contributed by atoms with Crippen LogP contribution in [0.3, 0.4) is 0 Å². The molecule has 0 radical (unpaired) electrons. The highest BCUT2D eigenvalue weighted by Crippen LogP contribution is 2.31. The zero-order chi connectivity index (χ0) is 27.9. The Morgan fingerprint density at radius 3 is 2.37 bits per heavy atom. The third-order valence-corrected chi connectivity index (χ3v) is 7.53. The molecule has 210 valence electrons. The number of likely N-dealkylation sites (N-methyl/N-ethyl adjacent to an activating group) is 1. The maximum atomic E-state index is 12.5. The smallest absolute Gasteiger partial charge is 0.407 e. The maximum Gasteiger partial charge on any atom is 0.407 e. The Labute approximate surface area is 228 Å². The quantitative estimate of drug-likeness (QED) is 0.423. The van der Waals surface area contributed by atoms with E-state index in [2.05, 4.69) is 46.2 Å². The standard InChI is InChI=1S/C30H46N4O4/c1-21-26(28(35)37-7)19-23(9-8-14-34-17-15-33(6)16-18-34)20-27(21)31-22(2)24-10-12-25(13-11-24)32-29(36)38-30(3,4)5/h19-20,22,24-25,31H,10-18H2,1-7H3,(H,32,36). The molecule has 1 atom stereocenters. The van der Waals surface area contributed by atoms with Gasteiger partial charge in [-0.15, -0.1) is 0 Å². The summed E-state index contributed by atoms with van der Waals surface area (Å²) in [6.45, 7) is 14.6. The lowest BCUT2D eigenvalue weighted by Gasteiger charge is -2.34. The number of hydrogen-bond acceptors (Lipinski definition) is 7. The Kier molecular flexibility index (Phi) is 10.5. The first-order valence-corrected chi connectivity index (χ1v) is 13.8. The Balaban J connectivity index is 1.64. The fourth-order valence-electron chi connectivity index (χ4n) is 5.12. The molecule has 1 aliphatic heterocycles. The lowest BCUT2D eigenvalue weighted by atomic mass is 9.82. The van der Waals surface area contributed by atoms with Crippen molar-refractivity contribution < 1.29 is 19.1 Å². The molecule has 8 heteroatoms. The highest BCUT2D eigenvalue weighted by molar-refractivity contribution is 5.93. The summed E-state index contributed by atoms with van der Waals surface area (Å²) in [5, 5.41) is 6.69. The number of amides is 1. The summed E-state index contributed by atoms with van der Waals surface area (Å²) >= 11 is 0. The molecule has 1 saturated heterocycles. The lowest BCUT2D eigenvalue weighted by molar-refractivity contribution is 0.0485. The zero-order valence-corrected chi connectivity index (χ0v) is 24.3. The Hall–Kier alpha value is -2.76. The van der Waals surface area contributed by atoms with Crippen molar-refractivity contribution in [1.29, 1.82) is 0 Å². The number of ether oxygens (including phenoxy) is 2. The molecule has 1 aliphatic carbocycles. The Morgan fingerprint density at radius 2 is 1.76 bits per heavy atom. The minimum absolute atomic E-state index is 0.139. The SMILES string of the molecule is COC(=O)c1cc(C#CCN2CCN(C)CC2)cc(NC(C)C2CCC(NC(=O)OC(C)(C)C)CC2)c1C. The van der Waals surface area contributed by atoms with Gasteiger partial charge in [0.1, 0.15) is 5.60 Å². The van der Waals surface area contributed by atoms with Crippen molar-refractivity contribution in [2.45, 2.75) is 78.0 Å². The van der Waals surface area contributed by atoms with Gasteiger partial charge in [-0.25, -0.2) is 9.59 Å². The van der Waals surface area contributed by atoms with Crippen LogP contribution in [0.4, 0.5) is 10.5 Å². The normalized spacial score (nSPS) is 21.6. The summed E-state index contributed by atoms with van der Waals surface area (Å²) < 4.78 is 10.5. The Bertz CT molecular complexity index is 1020. The van der Waals surface area contributed by atoms with Gasteiger partial charge in [-0.1, -0.05) is 11.8 Å². The molecule has 1 aromatic rings. The summed E-state index contributed by atoms with van der Waals surface area (Å²) in [7, 11) is 3.55. The molecule has 0 bridgehead atoms. The Morgan fingerprint density at radius 1 is 1.11 bits per heavy atom. The van der Waals surface area contributed by atoms with Crippen LogP contribution in [-0.2, 0) is 9.47 Å². The van der Waals surface area contributed by atoms with E-state index in [9.17, 15) is 9.59 Å². The maximum absolute atomic E-state index is 12.5. The first-order valence-electron chi connectivity index (χ1n) is 13.8. The van der Waals surface area contributed by atoms with E-state index in [1.165, 1.54) is 7.11 Å². The van der Waals surface area contributed by atoms with Crippen molar-refractivity contribution in [3.05, 3.63) is 28.8 Å². The van der Waals surface area contributed by atoms with Crippen LogP contribution < -0.4 is 10.6 Å². The highest BCUT2D eigenvalue weighted by Gasteiger charge is 2.28. The first kappa shape index (κ1) is 29.8. The summed E-state index contributed by atoms with van der Waals surface area (Å²) in [6.07, 6.45) is 3.49. The van der Waals surface area contributed by atoms with Gasteiger partial charge in [0.15, 0.2) is 0 Å². The van der Waals surface area contributed by atoms with Crippen LogP contribution in [0.25, 0.3) is 0 Å². The minimum atomic E-state index is -0.496. The molecule has 0 spiro atoms. The minimum Gasteiger partial charge on any atom is -0.465 e. The van der Waals surface area contributed by atoms with Crippen molar-refractivity contribution in [2.75, 3.05) is 52.2 Å². The van der Waals surface area contributed by atoms with E-state index in [1.54, 1.807) is 0 Å². The summed E-state index contributed by atoms with van der Waals surface area (Å²) in [6, 6.07) is 4.22. The molecule has 2 N–H and O–H groups in total. The van der Waals surface area contributed by atoms with Gasteiger partial charge in [0, 0.05) is 49.5 Å². The zero-order valence-electron chi connectivity index (χ0n) is 24.3. The number of hydrogen-bond donors (Lipinski definition) is 2. The molecule has 2 fully saturated rings. The van der Waals surface area contributed by atoms with Crippen LogP contribution in [0.1, 0.15) is 74.9 Å². The number of methoxy groups -OCH3 is 1. The average Bonchev–Trinajstić information content (AvgIpc) is 2.85. The number of anilines is 1. The lowest BCUT2D eigenvalue weighted by Crippen LogP contribution is -2.44. The van der Waals surface area contributed by atoms with Crippen LogP contribution in [0.2, 0.25) is 0 Å². The van der Waals surface area contributed by atoms with Gasteiger partial charge >= 0.3 is 12.1 Å². The van der Waals surface area contributed by atoms with Crippen LogP contribution in [0.15, 0.2) is 12.1 Å². The average molecular weight is 527 g/mol. The molecule has 8 nitrogen and oxygen atoms in total. The molecule has 2 aliphatic rings. The topological polar surface area (TPSA) is 83.1 Å². The number of nitrogens with zero attached hydrogens (tertiary/aromatic N) is 2. The van der Waals surface area contributed by atoms with Crippen molar-refractivity contribution in [1.82, 2.24) is 15.1 Å². The third-order valence-electron chi connectivity index (χ3n) is 7.53. The third kappa shape index (κ3) is 8.92. The molecule has 1 heterocycles. The molecular weight excluding hydrogens is 480 g/mol. The molecule has 1 aromatic carbocycles. The van der Waals surface area contributed by atoms with Crippen molar-refractivity contribution >= 4 is 17.7 Å². The summed E-state index contributed by atoms with van der Waals surface area (Å²) in [4.78, 5) is 29.4. The van der Waals surface area contributed by atoms with Gasteiger partial charge < -0.3 is 25.0 Å². The van der Waals surface area contributed by atoms with Gasteiger partial charge in [0.25, 0.3) is 0 Å². The number of rotatable bonds is 6.